The Hall–Kier alpha value is -3.78. The molecule has 2 amide bonds. The molecule has 0 spiro atoms. The minimum atomic E-state index is -0.600. The van der Waals surface area contributed by atoms with E-state index in [9.17, 15) is 9.59 Å². The zero-order chi connectivity index (χ0) is 22.1. The molecule has 0 saturated carbocycles. The fourth-order valence-electron chi connectivity index (χ4n) is 2.85. The van der Waals surface area contributed by atoms with E-state index in [1.54, 1.807) is 24.5 Å². The Bertz CT molecular complexity index is 1020. The molecule has 1 aromatic heterocycles. The summed E-state index contributed by atoms with van der Waals surface area (Å²) in [4.78, 5) is 23.4. The number of nitrogens with one attached hydrogen (secondary N) is 1. The molecule has 0 unspecified atom stereocenters. The minimum Gasteiger partial charge on any atom is -0.493 e. The molecule has 8 heteroatoms. The van der Waals surface area contributed by atoms with E-state index in [2.05, 4.69) is 5.32 Å². The van der Waals surface area contributed by atoms with Crippen molar-refractivity contribution in [3.8, 4) is 11.5 Å². The highest BCUT2D eigenvalue weighted by Gasteiger charge is 2.12. The van der Waals surface area contributed by atoms with Crippen molar-refractivity contribution in [1.82, 2.24) is 5.32 Å². The molecule has 0 aliphatic heterocycles. The molecule has 0 atom stereocenters. The Kier molecular flexibility index (Phi) is 7.67. The number of hydrogen-bond acceptors (Lipinski definition) is 6. The topological polar surface area (TPSA) is 113 Å². The average molecular weight is 424 g/mol. The summed E-state index contributed by atoms with van der Waals surface area (Å²) < 4.78 is 21.4. The third-order valence-electron chi connectivity index (χ3n) is 4.33. The van der Waals surface area contributed by atoms with Gasteiger partial charge in [-0.2, -0.15) is 0 Å². The second-order valence-electron chi connectivity index (χ2n) is 6.70. The highest BCUT2D eigenvalue weighted by molar-refractivity contribution is 5.94. The van der Waals surface area contributed by atoms with Crippen LogP contribution in [0.1, 0.15) is 27.2 Å². The molecule has 3 aromatic rings. The number of ether oxygens (including phenoxy) is 3. The van der Waals surface area contributed by atoms with Crippen LogP contribution in [0.15, 0.2) is 65.3 Å². The van der Waals surface area contributed by atoms with Crippen LogP contribution in [-0.2, 0) is 29.3 Å². The van der Waals surface area contributed by atoms with E-state index >= 15 is 0 Å². The molecule has 0 saturated heterocycles. The highest BCUT2D eigenvalue weighted by Crippen LogP contribution is 2.28. The lowest BCUT2D eigenvalue weighted by Gasteiger charge is -2.12. The van der Waals surface area contributed by atoms with E-state index in [0.717, 1.165) is 16.9 Å². The zero-order valence-electron chi connectivity index (χ0n) is 17.1. The Morgan fingerprint density at radius 2 is 1.84 bits per heavy atom. The van der Waals surface area contributed by atoms with Crippen LogP contribution in [0.4, 0.5) is 0 Å². The van der Waals surface area contributed by atoms with Crippen LogP contribution in [0.2, 0.25) is 0 Å². The van der Waals surface area contributed by atoms with E-state index in [4.69, 9.17) is 24.4 Å². The molecular formula is C23H24N2O6. The van der Waals surface area contributed by atoms with Crippen LogP contribution in [0.3, 0.4) is 0 Å². The number of primary amides is 1. The zero-order valence-corrected chi connectivity index (χ0v) is 17.1. The molecule has 3 N–H and O–H groups in total. The van der Waals surface area contributed by atoms with Crippen LogP contribution >= 0.6 is 0 Å². The van der Waals surface area contributed by atoms with E-state index in [0.29, 0.717) is 36.8 Å². The van der Waals surface area contributed by atoms with Crippen molar-refractivity contribution in [2.24, 2.45) is 5.73 Å². The highest BCUT2D eigenvalue weighted by atomic mass is 16.5. The summed E-state index contributed by atoms with van der Waals surface area (Å²) in [6.07, 6.45) is 1.61. The van der Waals surface area contributed by atoms with Gasteiger partial charge in [0.25, 0.3) is 11.8 Å². The first-order valence-electron chi connectivity index (χ1n) is 9.60. The second-order valence-corrected chi connectivity index (χ2v) is 6.70. The lowest BCUT2D eigenvalue weighted by molar-refractivity contribution is -0.119. The lowest BCUT2D eigenvalue weighted by Crippen LogP contribution is -2.23. The lowest BCUT2D eigenvalue weighted by atomic mass is 10.1. The van der Waals surface area contributed by atoms with Crippen LogP contribution in [0.25, 0.3) is 0 Å². The number of furan rings is 1. The van der Waals surface area contributed by atoms with Gasteiger partial charge in [-0.1, -0.05) is 24.3 Å². The third kappa shape index (κ3) is 6.61. The molecule has 8 nitrogen and oxygen atoms in total. The number of carbonyl (C=O) groups is 2. The molecule has 0 fully saturated rings. The summed E-state index contributed by atoms with van der Waals surface area (Å²) in [5.41, 5.74) is 7.43. The first kappa shape index (κ1) is 21.9. The fraction of sp³-hybridized carbons (Fsp3) is 0.217. The maximum Gasteiger partial charge on any atom is 0.255 e. The van der Waals surface area contributed by atoms with Crippen molar-refractivity contribution >= 4 is 11.8 Å². The Morgan fingerprint density at radius 3 is 2.58 bits per heavy atom. The molecule has 0 aliphatic carbocycles. The minimum absolute atomic E-state index is 0.265. The van der Waals surface area contributed by atoms with Crippen LogP contribution in [0.5, 0.6) is 11.5 Å². The Labute approximate surface area is 179 Å². The first-order chi connectivity index (χ1) is 15.0. The largest absolute Gasteiger partial charge is 0.493 e. The van der Waals surface area contributed by atoms with Crippen molar-refractivity contribution in [2.75, 3.05) is 13.7 Å². The van der Waals surface area contributed by atoms with Crippen molar-refractivity contribution in [1.29, 1.82) is 0 Å². The summed E-state index contributed by atoms with van der Waals surface area (Å²) in [6, 6.07) is 16.2. The number of nitrogens with two attached hydrogens (primary N) is 1. The quantitative estimate of drug-likeness (QED) is 0.489. The molecule has 2 aromatic carbocycles. The van der Waals surface area contributed by atoms with Gasteiger partial charge in [0.05, 0.1) is 20.0 Å². The summed E-state index contributed by atoms with van der Waals surface area (Å²) in [6.45, 7) is 0.915. The number of benzene rings is 2. The van der Waals surface area contributed by atoms with Crippen molar-refractivity contribution in [3.63, 3.8) is 0 Å². The van der Waals surface area contributed by atoms with Gasteiger partial charge in [-0.3, -0.25) is 9.59 Å². The van der Waals surface area contributed by atoms with E-state index in [1.807, 2.05) is 36.4 Å². The summed E-state index contributed by atoms with van der Waals surface area (Å²) in [7, 11) is 1.45. The van der Waals surface area contributed by atoms with Crippen molar-refractivity contribution in [2.45, 2.75) is 19.8 Å². The molecule has 31 heavy (non-hydrogen) atoms. The number of rotatable bonds is 11. The Morgan fingerprint density at radius 1 is 1.00 bits per heavy atom. The van der Waals surface area contributed by atoms with Gasteiger partial charge in [0.1, 0.15) is 12.4 Å². The molecule has 1 heterocycles. The summed E-state index contributed by atoms with van der Waals surface area (Å²) in [5, 5.41) is 2.88. The van der Waals surface area contributed by atoms with E-state index < -0.39 is 5.91 Å². The number of amides is 2. The van der Waals surface area contributed by atoms with E-state index in [-0.39, 0.29) is 12.5 Å². The molecular weight excluding hydrogens is 400 g/mol. The Balaban J connectivity index is 1.54. The van der Waals surface area contributed by atoms with Crippen LogP contribution in [0, 0.1) is 0 Å². The summed E-state index contributed by atoms with van der Waals surface area (Å²) in [5.74, 6) is 0.575. The van der Waals surface area contributed by atoms with Crippen LogP contribution < -0.4 is 20.5 Å². The van der Waals surface area contributed by atoms with E-state index in [1.165, 1.54) is 7.11 Å². The van der Waals surface area contributed by atoms with Gasteiger partial charge >= 0.3 is 0 Å². The number of hydrogen-bond donors (Lipinski definition) is 2. The molecule has 0 radical (unpaired) electrons. The molecule has 162 valence electrons. The maximum absolute atomic E-state index is 12.5. The van der Waals surface area contributed by atoms with Crippen LogP contribution in [-0.4, -0.2) is 25.5 Å². The van der Waals surface area contributed by atoms with Gasteiger partial charge in [-0.05, 0) is 41.5 Å². The molecule has 0 bridgehead atoms. The third-order valence-corrected chi connectivity index (χ3v) is 4.33. The standard InChI is InChI=1S/C23H24N2O6/c1-28-21-11-18(7-8-20(21)31-15-22(24)26)23(27)25-12-16-4-2-5-17(10-16)13-29-14-19-6-3-9-30-19/h2-11H,12-15H2,1H3,(H2,24,26)(H,25,27). The predicted octanol–water partition coefficient (Wildman–Crippen LogP) is 2.80. The number of carbonyl (C=O) groups excluding carboxylic acids is 2. The molecule has 0 aliphatic rings. The van der Waals surface area contributed by atoms with Crippen molar-refractivity contribution in [3.05, 3.63) is 83.3 Å². The van der Waals surface area contributed by atoms with Gasteiger partial charge < -0.3 is 29.7 Å². The monoisotopic (exact) mass is 424 g/mol. The van der Waals surface area contributed by atoms with Gasteiger partial charge in [-0.15, -0.1) is 0 Å². The molecule has 3 rings (SSSR count). The first-order valence-corrected chi connectivity index (χ1v) is 9.60. The predicted molar refractivity (Wildman–Crippen MR) is 112 cm³/mol. The smallest absolute Gasteiger partial charge is 0.255 e. The maximum atomic E-state index is 12.5. The second kappa shape index (κ2) is 10.8. The van der Waals surface area contributed by atoms with Gasteiger partial charge in [0.2, 0.25) is 0 Å². The SMILES string of the molecule is COc1cc(C(=O)NCc2cccc(COCc3ccco3)c2)ccc1OCC(N)=O. The van der Waals surface area contributed by atoms with Crippen molar-refractivity contribution < 1.29 is 28.2 Å². The average Bonchev–Trinajstić information content (AvgIpc) is 3.29. The fourth-order valence-corrected chi connectivity index (χ4v) is 2.85. The summed E-state index contributed by atoms with van der Waals surface area (Å²) >= 11 is 0. The van der Waals surface area contributed by atoms with Gasteiger partial charge in [0.15, 0.2) is 18.1 Å². The normalized spacial score (nSPS) is 10.5. The number of methoxy groups -OCH3 is 1. The van der Waals surface area contributed by atoms with Gasteiger partial charge in [0, 0.05) is 12.1 Å². The van der Waals surface area contributed by atoms with Gasteiger partial charge in [-0.25, -0.2) is 0 Å².